The van der Waals surface area contributed by atoms with Crippen LogP contribution in [-0.4, -0.2) is 56.4 Å². The molecule has 1 fully saturated rings. The van der Waals surface area contributed by atoms with Crippen molar-refractivity contribution in [2.75, 3.05) is 46.6 Å². The Morgan fingerprint density at radius 3 is 2.87 bits per heavy atom. The van der Waals surface area contributed by atoms with E-state index in [0.717, 1.165) is 65.2 Å². The maximum atomic E-state index is 5.94. The van der Waals surface area contributed by atoms with Crippen LogP contribution >= 0.6 is 22.6 Å². The monoisotopic (exact) mass is 428 g/mol. The largest absolute Gasteiger partial charge is 0.493 e. The molecule has 0 N–H and O–H groups in total. The van der Waals surface area contributed by atoms with Gasteiger partial charge in [-0.25, -0.2) is 0 Å². The summed E-state index contributed by atoms with van der Waals surface area (Å²) in [5, 5.41) is 1.09. The summed E-state index contributed by atoms with van der Waals surface area (Å²) < 4.78 is 17.9. The van der Waals surface area contributed by atoms with E-state index < -0.39 is 0 Å². The van der Waals surface area contributed by atoms with Gasteiger partial charge >= 0.3 is 0 Å². The first-order valence-corrected chi connectivity index (χ1v) is 8.91. The zero-order valence-corrected chi connectivity index (χ0v) is 15.4. The summed E-state index contributed by atoms with van der Waals surface area (Å²) in [7, 11) is 1.67. The molecule has 2 aromatic rings. The molecular weight excluding hydrogens is 407 g/mol. The van der Waals surface area contributed by atoms with Gasteiger partial charge in [0.25, 0.3) is 0 Å². The molecule has 0 atom stereocenters. The van der Waals surface area contributed by atoms with E-state index in [0.29, 0.717) is 6.61 Å². The Morgan fingerprint density at radius 2 is 2.09 bits per heavy atom. The van der Waals surface area contributed by atoms with Crippen LogP contribution in [0.15, 0.2) is 24.4 Å². The second-order valence-electron chi connectivity index (χ2n) is 5.47. The van der Waals surface area contributed by atoms with Crippen LogP contribution in [0.4, 0.5) is 0 Å². The van der Waals surface area contributed by atoms with Crippen molar-refractivity contribution in [1.82, 2.24) is 9.88 Å². The minimum atomic E-state index is 0.670. The van der Waals surface area contributed by atoms with Gasteiger partial charge in [-0.2, -0.15) is 0 Å². The highest BCUT2D eigenvalue weighted by Crippen LogP contribution is 2.33. The predicted molar refractivity (Wildman–Crippen MR) is 98.4 cm³/mol. The van der Waals surface area contributed by atoms with Crippen molar-refractivity contribution in [3.05, 3.63) is 28.0 Å². The molecule has 1 aliphatic heterocycles. The van der Waals surface area contributed by atoms with Crippen molar-refractivity contribution in [2.24, 2.45) is 0 Å². The number of ether oxygens (including phenoxy) is 3. The lowest BCUT2D eigenvalue weighted by Gasteiger charge is -2.26. The number of pyridine rings is 1. The third-order valence-electron chi connectivity index (χ3n) is 3.95. The lowest BCUT2D eigenvalue weighted by molar-refractivity contribution is 0.0357. The van der Waals surface area contributed by atoms with Gasteiger partial charge in [0.15, 0.2) is 11.5 Å². The van der Waals surface area contributed by atoms with E-state index in [1.807, 2.05) is 24.4 Å². The summed E-state index contributed by atoms with van der Waals surface area (Å²) in [6, 6.07) is 5.96. The lowest BCUT2D eigenvalue weighted by atomic mass is 10.2. The highest BCUT2D eigenvalue weighted by atomic mass is 127. The minimum Gasteiger partial charge on any atom is -0.493 e. The van der Waals surface area contributed by atoms with E-state index in [1.165, 1.54) is 0 Å². The van der Waals surface area contributed by atoms with Crippen molar-refractivity contribution in [3.8, 4) is 11.5 Å². The van der Waals surface area contributed by atoms with Gasteiger partial charge in [-0.1, -0.05) is 0 Å². The Kier molecular flexibility index (Phi) is 5.91. The standard InChI is InChI=1S/C17H21IN2O3/c1-21-16-11-13-14(18)3-4-19-15(13)12-17(16)23-8-2-5-20-6-9-22-10-7-20/h3-4,11-12H,2,5-10H2,1H3. The van der Waals surface area contributed by atoms with E-state index in [9.17, 15) is 0 Å². The molecule has 0 amide bonds. The number of hydrogen-bond acceptors (Lipinski definition) is 5. The molecule has 0 bridgehead atoms. The Bertz CT molecular complexity index is 660. The summed E-state index contributed by atoms with van der Waals surface area (Å²) in [5.74, 6) is 1.52. The second kappa shape index (κ2) is 8.12. The fraction of sp³-hybridized carbons (Fsp3) is 0.471. The van der Waals surface area contributed by atoms with Crippen molar-refractivity contribution in [3.63, 3.8) is 0 Å². The van der Waals surface area contributed by atoms with Crippen LogP contribution < -0.4 is 9.47 Å². The Morgan fingerprint density at radius 1 is 1.26 bits per heavy atom. The molecule has 0 saturated carbocycles. The third-order valence-corrected chi connectivity index (χ3v) is 4.89. The van der Waals surface area contributed by atoms with Gasteiger partial charge in [-0.15, -0.1) is 0 Å². The van der Waals surface area contributed by atoms with Gasteiger partial charge in [-0.05, 0) is 41.1 Å². The lowest BCUT2D eigenvalue weighted by Crippen LogP contribution is -2.37. The maximum absolute atomic E-state index is 5.94. The van der Waals surface area contributed by atoms with Crippen LogP contribution in [0.3, 0.4) is 0 Å². The normalized spacial score (nSPS) is 15.7. The van der Waals surface area contributed by atoms with Gasteiger partial charge in [0.05, 0.1) is 32.4 Å². The molecule has 1 aliphatic rings. The van der Waals surface area contributed by atoms with E-state index >= 15 is 0 Å². The van der Waals surface area contributed by atoms with Crippen molar-refractivity contribution in [1.29, 1.82) is 0 Å². The number of methoxy groups -OCH3 is 1. The summed E-state index contributed by atoms with van der Waals surface area (Å²) in [6.07, 6.45) is 2.81. The van der Waals surface area contributed by atoms with Crippen LogP contribution in [0, 0.1) is 3.57 Å². The molecule has 1 aromatic carbocycles. The van der Waals surface area contributed by atoms with Crippen LogP contribution in [0.25, 0.3) is 10.9 Å². The molecule has 6 heteroatoms. The van der Waals surface area contributed by atoms with E-state index in [1.54, 1.807) is 7.11 Å². The van der Waals surface area contributed by atoms with Crippen molar-refractivity contribution in [2.45, 2.75) is 6.42 Å². The summed E-state index contributed by atoms with van der Waals surface area (Å²) >= 11 is 2.31. The first-order chi connectivity index (χ1) is 11.3. The number of nitrogens with zero attached hydrogens (tertiary/aromatic N) is 2. The summed E-state index contributed by atoms with van der Waals surface area (Å²) in [4.78, 5) is 6.83. The number of rotatable bonds is 6. The average Bonchev–Trinajstić information content (AvgIpc) is 2.59. The summed E-state index contributed by atoms with van der Waals surface area (Å²) in [6.45, 7) is 5.41. The van der Waals surface area contributed by atoms with Crippen molar-refractivity contribution < 1.29 is 14.2 Å². The van der Waals surface area contributed by atoms with E-state index in [-0.39, 0.29) is 0 Å². The van der Waals surface area contributed by atoms with Crippen LogP contribution in [0.5, 0.6) is 11.5 Å². The molecule has 0 unspecified atom stereocenters. The Labute approximate surface area is 150 Å². The van der Waals surface area contributed by atoms with Gasteiger partial charge in [0.1, 0.15) is 0 Å². The number of fused-ring (bicyclic) bond motifs is 1. The maximum Gasteiger partial charge on any atom is 0.163 e. The molecule has 0 radical (unpaired) electrons. The molecule has 1 saturated heterocycles. The average molecular weight is 428 g/mol. The van der Waals surface area contributed by atoms with Crippen LogP contribution in [-0.2, 0) is 4.74 Å². The predicted octanol–water partition coefficient (Wildman–Crippen LogP) is 2.95. The van der Waals surface area contributed by atoms with Gasteiger partial charge < -0.3 is 14.2 Å². The molecule has 5 nitrogen and oxygen atoms in total. The number of morpholine rings is 1. The minimum absolute atomic E-state index is 0.670. The molecule has 124 valence electrons. The molecule has 0 spiro atoms. The zero-order chi connectivity index (χ0) is 16.1. The quantitative estimate of drug-likeness (QED) is 0.523. The Balaban J connectivity index is 1.62. The summed E-state index contributed by atoms with van der Waals surface area (Å²) in [5.41, 5.74) is 0.931. The number of aromatic nitrogens is 1. The Hall–Kier alpha value is -1.12. The highest BCUT2D eigenvalue weighted by Gasteiger charge is 2.11. The first-order valence-electron chi connectivity index (χ1n) is 7.83. The van der Waals surface area contributed by atoms with Gasteiger partial charge in [0, 0.05) is 40.9 Å². The van der Waals surface area contributed by atoms with E-state index in [4.69, 9.17) is 14.2 Å². The highest BCUT2D eigenvalue weighted by molar-refractivity contribution is 14.1. The smallest absolute Gasteiger partial charge is 0.163 e. The third kappa shape index (κ3) is 4.24. The van der Waals surface area contributed by atoms with E-state index in [2.05, 4.69) is 32.5 Å². The van der Waals surface area contributed by atoms with Gasteiger partial charge in [-0.3, -0.25) is 9.88 Å². The van der Waals surface area contributed by atoms with Crippen molar-refractivity contribution >= 4 is 33.5 Å². The first kappa shape index (κ1) is 16.7. The number of benzene rings is 1. The fourth-order valence-electron chi connectivity index (χ4n) is 2.69. The van der Waals surface area contributed by atoms with Crippen LogP contribution in [0.1, 0.15) is 6.42 Å². The fourth-order valence-corrected chi connectivity index (χ4v) is 3.28. The van der Waals surface area contributed by atoms with Gasteiger partial charge in [0.2, 0.25) is 0 Å². The number of halogens is 1. The molecular formula is C17H21IN2O3. The molecule has 0 aliphatic carbocycles. The number of hydrogen-bond donors (Lipinski definition) is 0. The molecule has 1 aromatic heterocycles. The molecule has 2 heterocycles. The molecule has 23 heavy (non-hydrogen) atoms. The topological polar surface area (TPSA) is 43.8 Å². The van der Waals surface area contributed by atoms with Crippen LogP contribution in [0.2, 0.25) is 0 Å². The second-order valence-corrected chi connectivity index (χ2v) is 6.63. The molecule has 3 rings (SSSR count). The SMILES string of the molecule is COc1cc2c(I)ccnc2cc1OCCCN1CCOCC1. The zero-order valence-electron chi connectivity index (χ0n) is 13.3.